The smallest absolute Gasteiger partial charge is 0.302 e. The number of aromatic nitrogens is 2. The molecule has 1 amide bonds. The van der Waals surface area contributed by atoms with E-state index in [1.807, 2.05) is 6.92 Å². The van der Waals surface area contributed by atoms with Crippen molar-refractivity contribution in [3.8, 4) is 17.2 Å². The number of anilines is 1. The molecule has 5 rings (SSSR count). The highest BCUT2D eigenvalue weighted by Crippen LogP contribution is 2.42. The molecule has 1 aliphatic rings. The number of aromatic amines is 1. The lowest BCUT2D eigenvalue weighted by molar-refractivity contribution is -0.132. The van der Waals surface area contributed by atoms with Gasteiger partial charge in [-0.3, -0.25) is 14.5 Å². The predicted octanol–water partition coefficient (Wildman–Crippen LogP) is 4.61. The van der Waals surface area contributed by atoms with Crippen LogP contribution < -0.4 is 19.1 Å². The lowest BCUT2D eigenvalue weighted by Gasteiger charge is -2.23. The van der Waals surface area contributed by atoms with Crippen LogP contribution in [-0.2, 0) is 9.59 Å². The largest absolute Gasteiger partial charge is 0.507 e. The first kappa shape index (κ1) is 23.9. The Labute approximate surface area is 212 Å². The Hall–Kier alpha value is -4.79. The second-order valence-corrected chi connectivity index (χ2v) is 8.35. The first-order chi connectivity index (χ1) is 17.9. The number of ketones is 1. The number of nitrogens with zero attached hydrogens (tertiary/aromatic N) is 2. The molecule has 0 saturated carbocycles. The highest BCUT2D eigenvalue weighted by Gasteiger charge is 2.48. The van der Waals surface area contributed by atoms with Gasteiger partial charge < -0.3 is 24.3 Å². The van der Waals surface area contributed by atoms with E-state index in [0.29, 0.717) is 46.0 Å². The Balaban J connectivity index is 1.68. The van der Waals surface area contributed by atoms with E-state index in [0.717, 1.165) is 0 Å². The molecule has 1 saturated heterocycles. The number of aliphatic hydroxyl groups is 1. The number of ether oxygens (including phenoxy) is 3. The van der Waals surface area contributed by atoms with Crippen LogP contribution in [0.4, 0.5) is 5.95 Å². The van der Waals surface area contributed by atoms with Crippen molar-refractivity contribution in [3.63, 3.8) is 0 Å². The Kier molecular flexibility index (Phi) is 6.27. The Morgan fingerprint density at radius 3 is 2.38 bits per heavy atom. The molecule has 188 valence electrons. The molecule has 1 fully saturated rings. The van der Waals surface area contributed by atoms with Gasteiger partial charge in [0.1, 0.15) is 23.0 Å². The molecule has 1 atom stereocenters. The van der Waals surface area contributed by atoms with Crippen LogP contribution in [0.1, 0.15) is 24.1 Å². The molecule has 2 heterocycles. The minimum atomic E-state index is -0.955. The number of Topliss-reactive ketones (excluding diaryl/α,β-unsaturated/α-hetero) is 1. The number of carbonyl (C=O) groups excluding carboxylic acids is 2. The molecular formula is C28H25N3O6. The fraction of sp³-hybridized carbons (Fsp3) is 0.179. The minimum absolute atomic E-state index is 0.0551. The molecule has 0 aliphatic carbocycles. The molecule has 37 heavy (non-hydrogen) atoms. The summed E-state index contributed by atoms with van der Waals surface area (Å²) in [5.41, 5.74) is 2.12. The first-order valence-electron chi connectivity index (χ1n) is 11.7. The summed E-state index contributed by atoms with van der Waals surface area (Å²) in [5, 5.41) is 11.3. The van der Waals surface area contributed by atoms with Crippen LogP contribution in [0, 0.1) is 0 Å². The summed E-state index contributed by atoms with van der Waals surface area (Å²) in [6.07, 6.45) is 0. The summed E-state index contributed by atoms with van der Waals surface area (Å²) in [7, 11) is 3.09. The molecular weight excluding hydrogens is 474 g/mol. The minimum Gasteiger partial charge on any atom is -0.507 e. The van der Waals surface area contributed by atoms with Gasteiger partial charge in [-0.2, -0.15) is 0 Å². The van der Waals surface area contributed by atoms with Crippen molar-refractivity contribution in [2.75, 3.05) is 25.7 Å². The van der Waals surface area contributed by atoms with E-state index < -0.39 is 17.7 Å². The third-order valence-electron chi connectivity index (χ3n) is 6.20. The third-order valence-corrected chi connectivity index (χ3v) is 6.20. The number of carbonyl (C=O) groups is 2. The number of hydrogen-bond donors (Lipinski definition) is 2. The van der Waals surface area contributed by atoms with Crippen LogP contribution in [-0.4, -0.2) is 47.6 Å². The number of rotatable bonds is 7. The van der Waals surface area contributed by atoms with Crippen molar-refractivity contribution in [3.05, 3.63) is 83.4 Å². The summed E-state index contributed by atoms with van der Waals surface area (Å²) in [5.74, 6) is 0.0200. The molecule has 0 radical (unpaired) electrons. The maximum Gasteiger partial charge on any atom is 0.302 e. The Bertz CT molecular complexity index is 1520. The third kappa shape index (κ3) is 4.24. The number of fused-ring (bicyclic) bond motifs is 1. The van der Waals surface area contributed by atoms with Gasteiger partial charge in [0.25, 0.3) is 5.78 Å². The van der Waals surface area contributed by atoms with Gasteiger partial charge >= 0.3 is 5.91 Å². The van der Waals surface area contributed by atoms with Crippen LogP contribution >= 0.6 is 0 Å². The maximum atomic E-state index is 13.4. The number of imidazole rings is 1. The van der Waals surface area contributed by atoms with Gasteiger partial charge in [-0.05, 0) is 61.0 Å². The second kappa shape index (κ2) is 9.69. The van der Waals surface area contributed by atoms with Crippen LogP contribution in [0.5, 0.6) is 17.2 Å². The van der Waals surface area contributed by atoms with Gasteiger partial charge in [-0.25, -0.2) is 4.98 Å². The van der Waals surface area contributed by atoms with E-state index in [1.165, 1.54) is 12.0 Å². The summed E-state index contributed by atoms with van der Waals surface area (Å²) in [6, 6.07) is 18.0. The fourth-order valence-corrected chi connectivity index (χ4v) is 4.43. The Morgan fingerprint density at radius 1 is 0.973 bits per heavy atom. The Morgan fingerprint density at radius 2 is 1.68 bits per heavy atom. The lowest BCUT2D eigenvalue weighted by Crippen LogP contribution is -2.30. The van der Waals surface area contributed by atoms with E-state index in [9.17, 15) is 14.7 Å². The molecule has 4 aromatic rings. The standard InChI is InChI=1S/C28H25N3O6/c1-4-37-18-10-8-16(9-11-18)25(32)23-24(17-6-5-7-19(14-17)35-2)31(27(34)26(23)33)28-29-21-13-12-20(36-3)15-22(21)30-28/h5-15,24,32H,4H2,1-3H3,(H,29,30)/b25-23+. The van der Waals surface area contributed by atoms with Crippen molar-refractivity contribution in [2.24, 2.45) is 0 Å². The fourth-order valence-electron chi connectivity index (χ4n) is 4.43. The van der Waals surface area contributed by atoms with Crippen molar-refractivity contribution < 1.29 is 28.9 Å². The lowest BCUT2D eigenvalue weighted by atomic mass is 9.95. The van der Waals surface area contributed by atoms with Crippen molar-refractivity contribution in [1.29, 1.82) is 0 Å². The molecule has 0 spiro atoms. The first-order valence-corrected chi connectivity index (χ1v) is 11.7. The molecule has 1 aliphatic heterocycles. The predicted molar refractivity (Wildman–Crippen MR) is 138 cm³/mol. The number of hydrogen-bond acceptors (Lipinski definition) is 7. The quantitative estimate of drug-likeness (QED) is 0.217. The monoisotopic (exact) mass is 499 g/mol. The zero-order chi connectivity index (χ0) is 26.1. The maximum absolute atomic E-state index is 13.4. The number of benzene rings is 3. The molecule has 1 unspecified atom stereocenters. The zero-order valence-electron chi connectivity index (χ0n) is 20.5. The molecule has 9 heteroatoms. The molecule has 2 N–H and O–H groups in total. The van der Waals surface area contributed by atoms with Crippen LogP contribution in [0.25, 0.3) is 16.8 Å². The van der Waals surface area contributed by atoms with Gasteiger partial charge in [-0.1, -0.05) is 12.1 Å². The summed E-state index contributed by atoms with van der Waals surface area (Å²) in [6.45, 7) is 2.37. The van der Waals surface area contributed by atoms with Gasteiger partial charge in [0.2, 0.25) is 5.95 Å². The highest BCUT2D eigenvalue weighted by atomic mass is 16.5. The summed E-state index contributed by atoms with van der Waals surface area (Å²) >= 11 is 0. The number of H-pyrrole nitrogens is 1. The van der Waals surface area contributed by atoms with Crippen molar-refractivity contribution >= 4 is 34.4 Å². The summed E-state index contributed by atoms with van der Waals surface area (Å²) in [4.78, 5) is 35.8. The molecule has 0 bridgehead atoms. The van der Waals surface area contributed by atoms with Gasteiger partial charge in [0, 0.05) is 11.6 Å². The van der Waals surface area contributed by atoms with Gasteiger partial charge in [-0.15, -0.1) is 0 Å². The van der Waals surface area contributed by atoms with Crippen LogP contribution in [0.15, 0.2) is 72.3 Å². The van der Waals surface area contributed by atoms with E-state index >= 15 is 0 Å². The van der Waals surface area contributed by atoms with E-state index in [-0.39, 0.29) is 17.3 Å². The second-order valence-electron chi connectivity index (χ2n) is 8.35. The van der Waals surface area contributed by atoms with Gasteiger partial charge in [0.15, 0.2) is 0 Å². The van der Waals surface area contributed by atoms with Crippen molar-refractivity contribution in [1.82, 2.24) is 9.97 Å². The average molecular weight is 500 g/mol. The van der Waals surface area contributed by atoms with Crippen molar-refractivity contribution in [2.45, 2.75) is 13.0 Å². The van der Waals surface area contributed by atoms with E-state index in [2.05, 4.69) is 9.97 Å². The molecule has 3 aromatic carbocycles. The van der Waals surface area contributed by atoms with Crippen LogP contribution in [0.3, 0.4) is 0 Å². The number of aliphatic hydroxyl groups excluding tert-OH is 1. The van der Waals surface area contributed by atoms with E-state index in [1.54, 1.807) is 73.8 Å². The number of amides is 1. The number of methoxy groups -OCH3 is 2. The highest BCUT2D eigenvalue weighted by molar-refractivity contribution is 6.51. The zero-order valence-corrected chi connectivity index (χ0v) is 20.5. The van der Waals surface area contributed by atoms with Gasteiger partial charge in [0.05, 0.1) is 43.5 Å². The average Bonchev–Trinajstić information content (AvgIpc) is 3.46. The molecule has 1 aromatic heterocycles. The van der Waals surface area contributed by atoms with E-state index in [4.69, 9.17) is 14.2 Å². The number of nitrogens with one attached hydrogen (secondary N) is 1. The summed E-state index contributed by atoms with van der Waals surface area (Å²) < 4.78 is 16.1. The molecule has 9 nitrogen and oxygen atoms in total. The SMILES string of the molecule is CCOc1ccc(/C(O)=C2\C(=O)C(=O)N(c3nc4ccc(OC)cc4[nH]3)C2c2cccc(OC)c2)cc1. The topological polar surface area (TPSA) is 114 Å². The van der Waals surface area contributed by atoms with Crippen LogP contribution in [0.2, 0.25) is 0 Å². The normalized spacial score (nSPS) is 16.8.